The molecule has 2 aliphatic rings. The van der Waals surface area contributed by atoms with E-state index in [0.717, 1.165) is 28.8 Å². The Balaban J connectivity index is 1.43. The minimum atomic E-state index is -3.83. The standard InChI is InChI=1S/C30H27FN4O3S/c1-2-21-6-12-26(13-7-21)39(37,38)34-16-14-23-17-28-22(19-33-35(28)25-10-8-24(31)9-11-25)18-30(23,20-34)29(36)27-5-3-4-15-32-27/h3-13,15,17,19H,2,14,16,18,20H2,1H3/t30-/m0/s1. The first-order chi connectivity index (χ1) is 18.8. The summed E-state index contributed by atoms with van der Waals surface area (Å²) < 4.78 is 44.2. The minimum Gasteiger partial charge on any atom is -0.291 e. The van der Waals surface area contributed by atoms with E-state index < -0.39 is 15.4 Å². The van der Waals surface area contributed by atoms with Crippen molar-refractivity contribution in [2.75, 3.05) is 13.1 Å². The van der Waals surface area contributed by atoms with E-state index in [0.29, 0.717) is 17.8 Å². The lowest BCUT2D eigenvalue weighted by Crippen LogP contribution is -2.53. The summed E-state index contributed by atoms with van der Waals surface area (Å²) in [6, 6.07) is 18.2. The SMILES string of the molecule is CCc1ccc(S(=O)(=O)N2CCC3=Cc4c(cnn4-c4ccc(F)cc4)C[C@]3(C(=O)c3ccccn3)C2)cc1. The Morgan fingerprint density at radius 1 is 1.05 bits per heavy atom. The van der Waals surface area contributed by atoms with Gasteiger partial charge in [-0.1, -0.05) is 30.7 Å². The van der Waals surface area contributed by atoms with Gasteiger partial charge >= 0.3 is 0 Å². The van der Waals surface area contributed by atoms with Crippen LogP contribution in [0.15, 0.2) is 89.6 Å². The van der Waals surface area contributed by atoms with Crippen molar-refractivity contribution in [3.05, 3.63) is 113 Å². The number of carbonyl (C=O) groups is 1. The number of rotatable bonds is 6. The van der Waals surface area contributed by atoms with Gasteiger partial charge in [0.1, 0.15) is 11.5 Å². The van der Waals surface area contributed by atoms with Gasteiger partial charge in [-0.3, -0.25) is 9.78 Å². The Morgan fingerprint density at radius 2 is 1.82 bits per heavy atom. The van der Waals surface area contributed by atoms with Crippen LogP contribution in [0.25, 0.3) is 11.8 Å². The van der Waals surface area contributed by atoms with Crippen molar-refractivity contribution in [2.45, 2.75) is 31.1 Å². The van der Waals surface area contributed by atoms with E-state index in [4.69, 9.17) is 0 Å². The lowest BCUT2D eigenvalue weighted by molar-refractivity contribution is 0.0770. The van der Waals surface area contributed by atoms with Crippen LogP contribution in [-0.4, -0.2) is 46.4 Å². The molecule has 0 bridgehead atoms. The number of hydrogen-bond donors (Lipinski definition) is 0. The number of aromatic nitrogens is 3. The first kappa shape index (κ1) is 25.3. The summed E-state index contributed by atoms with van der Waals surface area (Å²) in [4.78, 5) is 18.7. The Kier molecular flexibility index (Phi) is 6.28. The van der Waals surface area contributed by atoms with Crippen molar-refractivity contribution in [1.82, 2.24) is 19.1 Å². The van der Waals surface area contributed by atoms with Crippen LogP contribution in [0.4, 0.5) is 4.39 Å². The van der Waals surface area contributed by atoms with Crippen LogP contribution in [-0.2, 0) is 22.9 Å². The van der Waals surface area contributed by atoms with E-state index in [1.54, 1.807) is 59.5 Å². The van der Waals surface area contributed by atoms with Gasteiger partial charge < -0.3 is 0 Å². The van der Waals surface area contributed by atoms with Crippen molar-refractivity contribution in [3.63, 3.8) is 0 Å². The molecule has 3 heterocycles. The topological polar surface area (TPSA) is 85.2 Å². The zero-order chi connectivity index (χ0) is 27.2. The number of pyridine rings is 1. The fraction of sp³-hybridized carbons (Fsp3) is 0.233. The lowest BCUT2D eigenvalue weighted by atomic mass is 9.65. The highest BCUT2D eigenvalue weighted by atomic mass is 32.2. The van der Waals surface area contributed by atoms with Crippen molar-refractivity contribution in [1.29, 1.82) is 0 Å². The van der Waals surface area contributed by atoms with E-state index in [9.17, 15) is 17.6 Å². The van der Waals surface area contributed by atoms with Gasteiger partial charge in [-0.25, -0.2) is 17.5 Å². The van der Waals surface area contributed by atoms with E-state index in [1.165, 1.54) is 16.4 Å². The third-order valence-corrected chi connectivity index (χ3v) is 9.61. The maximum absolute atomic E-state index is 14.2. The summed E-state index contributed by atoms with van der Waals surface area (Å²) in [7, 11) is -3.83. The highest BCUT2D eigenvalue weighted by Gasteiger charge is 2.51. The van der Waals surface area contributed by atoms with Crippen LogP contribution in [0.1, 0.15) is 40.7 Å². The highest BCUT2D eigenvalue weighted by molar-refractivity contribution is 7.89. The van der Waals surface area contributed by atoms with Gasteiger partial charge in [-0.15, -0.1) is 0 Å². The van der Waals surface area contributed by atoms with Crippen molar-refractivity contribution in [3.8, 4) is 5.69 Å². The molecule has 6 rings (SSSR count). The Hall–Kier alpha value is -3.95. The summed E-state index contributed by atoms with van der Waals surface area (Å²) >= 11 is 0. The average molecular weight is 543 g/mol. The van der Waals surface area contributed by atoms with Gasteiger partial charge in [0.2, 0.25) is 10.0 Å². The fourth-order valence-electron chi connectivity index (χ4n) is 5.60. The van der Waals surface area contributed by atoms with E-state index in [2.05, 4.69) is 10.1 Å². The number of piperidine rings is 1. The summed E-state index contributed by atoms with van der Waals surface area (Å²) in [5.41, 5.74) is 3.41. The van der Waals surface area contributed by atoms with E-state index in [1.807, 2.05) is 25.1 Å². The number of hydrogen-bond acceptors (Lipinski definition) is 5. The molecule has 7 nitrogen and oxygen atoms in total. The lowest BCUT2D eigenvalue weighted by Gasteiger charge is -2.44. The predicted octanol–water partition coefficient (Wildman–Crippen LogP) is 4.87. The molecule has 39 heavy (non-hydrogen) atoms. The van der Waals surface area contributed by atoms with Crippen molar-refractivity contribution in [2.24, 2.45) is 5.41 Å². The molecule has 2 aromatic heterocycles. The third-order valence-electron chi connectivity index (χ3n) is 7.75. The number of aryl methyl sites for hydroxylation is 1. The second-order valence-corrected chi connectivity index (χ2v) is 11.9. The molecule has 1 aliphatic carbocycles. The number of sulfonamides is 1. The Bertz CT molecular complexity index is 1680. The van der Waals surface area contributed by atoms with Crippen LogP contribution >= 0.6 is 0 Å². The van der Waals surface area contributed by atoms with Crippen molar-refractivity contribution >= 4 is 21.9 Å². The number of carbonyl (C=O) groups excluding carboxylic acids is 1. The summed E-state index contributed by atoms with van der Waals surface area (Å²) in [6.07, 6.45) is 6.71. The average Bonchev–Trinajstić information content (AvgIpc) is 3.38. The quantitative estimate of drug-likeness (QED) is 0.325. The summed E-state index contributed by atoms with van der Waals surface area (Å²) in [5.74, 6) is -0.549. The molecule has 0 unspecified atom stereocenters. The third kappa shape index (κ3) is 4.31. The molecule has 0 spiro atoms. The van der Waals surface area contributed by atoms with Gasteiger partial charge in [-0.05, 0) is 85.0 Å². The highest BCUT2D eigenvalue weighted by Crippen LogP contribution is 2.47. The predicted molar refractivity (Wildman–Crippen MR) is 145 cm³/mol. The molecule has 1 aliphatic heterocycles. The van der Waals surface area contributed by atoms with E-state index >= 15 is 0 Å². The molecule has 0 amide bonds. The Morgan fingerprint density at radius 3 is 2.51 bits per heavy atom. The molecule has 9 heteroatoms. The van der Waals surface area contributed by atoms with Gasteiger partial charge in [0.05, 0.1) is 27.9 Å². The number of Topliss-reactive ketones (excluding diaryl/α,β-unsaturated/α-hetero) is 1. The molecule has 0 saturated carbocycles. The van der Waals surface area contributed by atoms with Crippen LogP contribution < -0.4 is 0 Å². The van der Waals surface area contributed by atoms with Gasteiger partial charge in [0.25, 0.3) is 0 Å². The van der Waals surface area contributed by atoms with Gasteiger partial charge in [0.15, 0.2) is 5.78 Å². The zero-order valence-electron chi connectivity index (χ0n) is 21.4. The second-order valence-electron chi connectivity index (χ2n) is 10.0. The smallest absolute Gasteiger partial charge is 0.243 e. The largest absolute Gasteiger partial charge is 0.291 e. The summed E-state index contributed by atoms with van der Waals surface area (Å²) in [6.45, 7) is 2.28. The Labute approximate surface area is 226 Å². The first-order valence-electron chi connectivity index (χ1n) is 12.9. The maximum Gasteiger partial charge on any atom is 0.243 e. The molecular weight excluding hydrogens is 515 g/mol. The molecular formula is C30H27FN4O3S. The number of halogens is 1. The first-order valence-corrected chi connectivity index (χ1v) is 14.3. The minimum absolute atomic E-state index is 0.00721. The van der Waals surface area contributed by atoms with Crippen LogP contribution in [0.5, 0.6) is 0 Å². The maximum atomic E-state index is 14.2. The second kappa shape index (κ2) is 9.66. The molecule has 0 N–H and O–H groups in total. The molecule has 0 radical (unpaired) electrons. The van der Waals surface area contributed by atoms with Crippen LogP contribution in [0, 0.1) is 11.2 Å². The number of benzene rings is 2. The normalized spacial score (nSPS) is 19.2. The molecule has 1 fully saturated rings. The molecule has 1 saturated heterocycles. The fourth-order valence-corrected chi connectivity index (χ4v) is 7.10. The van der Waals surface area contributed by atoms with Crippen LogP contribution in [0.2, 0.25) is 0 Å². The monoisotopic (exact) mass is 542 g/mol. The zero-order valence-corrected chi connectivity index (χ0v) is 22.2. The molecule has 4 aromatic rings. The van der Waals surface area contributed by atoms with Crippen LogP contribution in [0.3, 0.4) is 0 Å². The summed E-state index contributed by atoms with van der Waals surface area (Å²) in [5, 5.41) is 4.54. The van der Waals surface area contributed by atoms with E-state index in [-0.39, 0.29) is 36.0 Å². The number of nitrogens with zero attached hydrogens (tertiary/aromatic N) is 4. The molecule has 1 atom stereocenters. The van der Waals surface area contributed by atoms with Gasteiger partial charge in [0, 0.05) is 19.3 Å². The van der Waals surface area contributed by atoms with Gasteiger partial charge in [-0.2, -0.15) is 9.40 Å². The molecule has 198 valence electrons. The van der Waals surface area contributed by atoms with Crippen molar-refractivity contribution < 1.29 is 17.6 Å². The number of fused-ring (bicyclic) bond motifs is 2. The number of ketones is 1. The molecule has 2 aromatic carbocycles.